The monoisotopic (exact) mass is 250 g/mol. The molecule has 1 aromatic rings. The van der Waals surface area contributed by atoms with E-state index in [0.29, 0.717) is 5.56 Å². The lowest BCUT2D eigenvalue weighted by atomic mass is 10.2. The Morgan fingerprint density at radius 2 is 2.20 bits per heavy atom. The number of hydrogen-bond acceptors (Lipinski definition) is 4. The highest BCUT2D eigenvalue weighted by molar-refractivity contribution is 5.89. The van der Waals surface area contributed by atoms with E-state index >= 15 is 0 Å². The number of carbonyl (C=O) groups excluding carboxylic acids is 1. The maximum absolute atomic E-state index is 11.1. The summed E-state index contributed by atoms with van der Waals surface area (Å²) >= 11 is 0. The predicted octanol–water partition coefficient (Wildman–Crippen LogP) is 1.31. The summed E-state index contributed by atoms with van der Waals surface area (Å²) in [5.74, 6) is -0.331. The zero-order valence-corrected chi connectivity index (χ0v) is 9.78. The van der Waals surface area contributed by atoms with Gasteiger partial charge in [-0.25, -0.2) is 4.79 Å². The Bertz CT molecular complexity index is 358. The average Bonchev–Trinajstić information content (AvgIpc) is 2.63. The van der Waals surface area contributed by atoms with E-state index in [9.17, 15) is 4.79 Å². The van der Waals surface area contributed by atoms with E-state index in [1.807, 2.05) is 6.07 Å². The van der Waals surface area contributed by atoms with Crippen molar-refractivity contribution in [2.75, 3.05) is 7.11 Å². The third-order valence-corrected chi connectivity index (χ3v) is 2.09. The molecule has 0 amide bonds. The molecule has 2 rings (SSSR count). The van der Waals surface area contributed by atoms with Crippen LogP contribution in [-0.2, 0) is 17.8 Å². The highest BCUT2D eigenvalue weighted by atomic mass is 35.5. The molecule has 4 nitrogen and oxygen atoms in total. The molecule has 2 heterocycles. The van der Waals surface area contributed by atoms with E-state index < -0.39 is 0 Å². The van der Waals surface area contributed by atoms with Crippen LogP contribution in [0.2, 0.25) is 0 Å². The van der Waals surface area contributed by atoms with Crippen molar-refractivity contribution >= 4 is 30.8 Å². The lowest BCUT2D eigenvalue weighted by molar-refractivity contribution is 0.0600. The van der Waals surface area contributed by atoms with E-state index in [1.54, 1.807) is 6.20 Å². The summed E-state index contributed by atoms with van der Waals surface area (Å²) in [6.45, 7) is 1.57. The van der Waals surface area contributed by atoms with Crippen molar-refractivity contribution in [2.24, 2.45) is 0 Å². The Morgan fingerprint density at radius 3 is 2.87 bits per heavy atom. The van der Waals surface area contributed by atoms with Gasteiger partial charge in [0, 0.05) is 19.3 Å². The van der Waals surface area contributed by atoms with E-state index in [4.69, 9.17) is 0 Å². The lowest BCUT2D eigenvalue weighted by Crippen LogP contribution is -2.03. The van der Waals surface area contributed by atoms with Crippen molar-refractivity contribution in [3.05, 3.63) is 29.1 Å². The molecule has 1 aliphatic rings. The number of ether oxygens (including phenoxy) is 1. The van der Waals surface area contributed by atoms with Crippen molar-refractivity contribution < 1.29 is 9.53 Å². The van der Waals surface area contributed by atoms with E-state index in [2.05, 4.69) is 15.0 Å². The second-order valence-electron chi connectivity index (χ2n) is 2.92. The standard InChI is InChI=1S/C9H10N2O2.2ClH/c1-13-9(12)7-2-6-3-10-5-8(6)11-4-7;;/h2,4,10H,3,5H2,1H3;2*1H. The minimum absolute atomic E-state index is 0. The number of aromatic nitrogens is 1. The molecular weight excluding hydrogens is 239 g/mol. The molecule has 84 valence electrons. The van der Waals surface area contributed by atoms with Crippen LogP contribution in [0.5, 0.6) is 0 Å². The molecule has 0 aliphatic carbocycles. The average molecular weight is 251 g/mol. The number of fused-ring (bicyclic) bond motifs is 1. The van der Waals surface area contributed by atoms with Gasteiger partial charge in [0.1, 0.15) is 0 Å². The first-order valence-electron chi connectivity index (χ1n) is 4.08. The van der Waals surface area contributed by atoms with Crippen molar-refractivity contribution in [1.29, 1.82) is 0 Å². The van der Waals surface area contributed by atoms with Gasteiger partial charge in [-0.2, -0.15) is 0 Å². The molecule has 0 saturated heterocycles. The van der Waals surface area contributed by atoms with Gasteiger partial charge in [0.2, 0.25) is 0 Å². The fraction of sp³-hybridized carbons (Fsp3) is 0.333. The van der Waals surface area contributed by atoms with Crippen LogP contribution in [0.1, 0.15) is 21.6 Å². The van der Waals surface area contributed by atoms with Gasteiger partial charge in [0.05, 0.1) is 18.4 Å². The molecule has 0 aromatic carbocycles. The predicted molar refractivity (Wildman–Crippen MR) is 60.6 cm³/mol. The molecule has 0 fully saturated rings. The molecule has 15 heavy (non-hydrogen) atoms. The summed E-state index contributed by atoms with van der Waals surface area (Å²) in [5, 5.41) is 3.16. The molecule has 1 aromatic heterocycles. The van der Waals surface area contributed by atoms with Crippen LogP contribution in [0.4, 0.5) is 0 Å². The molecule has 1 aliphatic heterocycles. The number of halogens is 2. The van der Waals surface area contributed by atoms with E-state index in [1.165, 1.54) is 7.11 Å². The van der Waals surface area contributed by atoms with Crippen LogP contribution in [-0.4, -0.2) is 18.1 Å². The van der Waals surface area contributed by atoms with Gasteiger partial charge in [0.25, 0.3) is 0 Å². The fourth-order valence-electron chi connectivity index (χ4n) is 1.40. The lowest BCUT2D eigenvalue weighted by Gasteiger charge is -2.00. The SMILES string of the molecule is COC(=O)c1cnc2c(c1)CNC2.Cl.Cl. The van der Waals surface area contributed by atoms with E-state index in [-0.39, 0.29) is 30.8 Å². The van der Waals surface area contributed by atoms with Crippen LogP contribution in [0.15, 0.2) is 12.3 Å². The molecule has 0 spiro atoms. The third-order valence-electron chi connectivity index (χ3n) is 2.09. The van der Waals surface area contributed by atoms with Gasteiger partial charge in [-0.05, 0) is 11.6 Å². The summed E-state index contributed by atoms with van der Waals surface area (Å²) in [7, 11) is 1.37. The smallest absolute Gasteiger partial charge is 0.339 e. The van der Waals surface area contributed by atoms with Gasteiger partial charge < -0.3 is 10.1 Å². The number of hydrogen-bond donors (Lipinski definition) is 1. The normalized spacial score (nSPS) is 12.1. The molecule has 0 atom stereocenters. The number of nitrogens with zero attached hydrogens (tertiary/aromatic N) is 1. The maximum atomic E-state index is 11.1. The first-order valence-corrected chi connectivity index (χ1v) is 4.08. The third kappa shape index (κ3) is 2.81. The van der Waals surface area contributed by atoms with Crippen LogP contribution < -0.4 is 5.32 Å². The van der Waals surface area contributed by atoms with E-state index in [0.717, 1.165) is 24.3 Å². The van der Waals surface area contributed by atoms with Gasteiger partial charge >= 0.3 is 5.97 Å². The maximum Gasteiger partial charge on any atom is 0.339 e. The van der Waals surface area contributed by atoms with Gasteiger partial charge in [-0.3, -0.25) is 4.98 Å². The second-order valence-corrected chi connectivity index (χ2v) is 2.92. The Labute approximate surface area is 100 Å². The molecule has 0 bridgehead atoms. The number of methoxy groups -OCH3 is 1. The fourth-order valence-corrected chi connectivity index (χ4v) is 1.40. The Hall–Kier alpha value is -0.840. The highest BCUT2D eigenvalue weighted by Gasteiger charge is 2.14. The van der Waals surface area contributed by atoms with Crippen LogP contribution >= 0.6 is 24.8 Å². The van der Waals surface area contributed by atoms with Crippen LogP contribution in [0, 0.1) is 0 Å². The molecule has 6 heteroatoms. The Morgan fingerprint density at radius 1 is 1.47 bits per heavy atom. The minimum atomic E-state index is -0.331. The van der Waals surface area contributed by atoms with Crippen LogP contribution in [0.3, 0.4) is 0 Å². The van der Waals surface area contributed by atoms with Gasteiger partial charge in [-0.15, -0.1) is 24.8 Å². The van der Waals surface area contributed by atoms with Gasteiger partial charge in [-0.1, -0.05) is 0 Å². The van der Waals surface area contributed by atoms with Crippen molar-refractivity contribution in [2.45, 2.75) is 13.1 Å². The second kappa shape index (κ2) is 5.90. The Kier molecular flexibility index (Phi) is 5.57. The zero-order valence-electron chi connectivity index (χ0n) is 8.15. The molecule has 0 saturated carbocycles. The number of rotatable bonds is 1. The number of esters is 1. The number of carbonyl (C=O) groups is 1. The summed E-state index contributed by atoms with van der Waals surface area (Å²) in [4.78, 5) is 15.3. The first-order chi connectivity index (χ1) is 6.31. The summed E-state index contributed by atoms with van der Waals surface area (Å²) in [5.41, 5.74) is 2.63. The zero-order chi connectivity index (χ0) is 9.26. The Balaban J connectivity index is 0.000000980. The summed E-state index contributed by atoms with van der Waals surface area (Å²) < 4.78 is 4.60. The van der Waals surface area contributed by atoms with Crippen molar-refractivity contribution in [3.63, 3.8) is 0 Å². The quantitative estimate of drug-likeness (QED) is 0.764. The van der Waals surface area contributed by atoms with Crippen molar-refractivity contribution in [3.8, 4) is 0 Å². The molecule has 1 N–H and O–H groups in total. The summed E-state index contributed by atoms with van der Waals surface area (Å²) in [6.07, 6.45) is 1.55. The molecule has 0 radical (unpaired) electrons. The molecular formula is C9H12Cl2N2O2. The van der Waals surface area contributed by atoms with Crippen molar-refractivity contribution in [1.82, 2.24) is 10.3 Å². The largest absolute Gasteiger partial charge is 0.465 e. The minimum Gasteiger partial charge on any atom is -0.465 e. The topological polar surface area (TPSA) is 51.2 Å². The first kappa shape index (κ1) is 14.2. The highest BCUT2D eigenvalue weighted by Crippen LogP contribution is 2.14. The van der Waals surface area contributed by atoms with Gasteiger partial charge in [0.15, 0.2) is 0 Å². The summed E-state index contributed by atoms with van der Waals surface area (Å²) in [6, 6.07) is 1.83. The number of pyridine rings is 1. The number of nitrogens with one attached hydrogen (secondary N) is 1. The van der Waals surface area contributed by atoms with Crippen LogP contribution in [0.25, 0.3) is 0 Å². The molecule has 0 unspecified atom stereocenters.